The summed E-state index contributed by atoms with van der Waals surface area (Å²) in [6.07, 6.45) is 0. The van der Waals surface area contributed by atoms with Gasteiger partial charge in [0.2, 0.25) is 0 Å². The van der Waals surface area contributed by atoms with Crippen LogP contribution in [0.3, 0.4) is 0 Å². The molecule has 0 amide bonds. The molecule has 0 aliphatic carbocycles. The lowest BCUT2D eigenvalue weighted by atomic mass is 10.2. The number of benzene rings is 2. The zero-order valence-corrected chi connectivity index (χ0v) is 17.5. The summed E-state index contributed by atoms with van der Waals surface area (Å²) >= 11 is 1.46. The number of rotatable bonds is 6. The highest BCUT2D eigenvalue weighted by atomic mass is 32.2. The molecule has 2 heterocycles. The van der Waals surface area contributed by atoms with E-state index in [1.807, 2.05) is 54.8 Å². The van der Waals surface area contributed by atoms with Crippen LogP contribution in [0.1, 0.15) is 28.7 Å². The third-order valence-electron chi connectivity index (χ3n) is 5.07. The van der Waals surface area contributed by atoms with Crippen LogP contribution in [0, 0.1) is 19.7 Å². The van der Waals surface area contributed by atoms with Gasteiger partial charge in [-0.15, -0.1) is 0 Å². The average Bonchev–Trinajstić information content (AvgIpc) is 3.22. The Kier molecular flexibility index (Phi) is 5.28. The average molecular weight is 408 g/mol. The Morgan fingerprint density at radius 2 is 1.90 bits per heavy atom. The standard InChI is InChI=1S/C23H22FN3OS/c1-4-26-21-11-6-5-10-20(21)25-23(26)29-14-22(28)19-12-15(2)27(16(19)3)18-9-7-8-17(24)13-18/h5-13H,4,14H2,1-3H3. The molecule has 0 unspecified atom stereocenters. The second-order valence-corrected chi connectivity index (χ2v) is 7.88. The molecule has 2 aromatic carbocycles. The number of hydrogen-bond donors (Lipinski definition) is 0. The summed E-state index contributed by atoms with van der Waals surface area (Å²) in [5.41, 5.74) is 5.13. The van der Waals surface area contributed by atoms with E-state index in [-0.39, 0.29) is 11.6 Å². The summed E-state index contributed by atoms with van der Waals surface area (Å²) in [5, 5.41) is 0.848. The van der Waals surface area contributed by atoms with Gasteiger partial charge in [0.25, 0.3) is 0 Å². The van der Waals surface area contributed by atoms with Crippen molar-refractivity contribution in [2.45, 2.75) is 32.5 Å². The van der Waals surface area contributed by atoms with E-state index in [1.54, 1.807) is 6.07 Å². The molecule has 0 aliphatic heterocycles. The second-order valence-electron chi connectivity index (χ2n) is 6.94. The predicted octanol–water partition coefficient (Wildman–Crippen LogP) is 5.58. The van der Waals surface area contributed by atoms with E-state index in [2.05, 4.69) is 16.5 Å². The van der Waals surface area contributed by atoms with Crippen molar-refractivity contribution in [3.63, 3.8) is 0 Å². The minimum atomic E-state index is -0.295. The molecule has 2 aromatic heterocycles. The number of nitrogens with zero attached hydrogens (tertiary/aromatic N) is 3. The molecule has 0 N–H and O–H groups in total. The first-order valence-corrected chi connectivity index (χ1v) is 10.5. The molecular formula is C23H22FN3OS. The van der Waals surface area contributed by atoms with Crippen molar-refractivity contribution in [1.29, 1.82) is 0 Å². The number of Topliss-reactive ketones (excluding diaryl/α,β-unsaturated/α-hetero) is 1. The quantitative estimate of drug-likeness (QED) is 0.309. The summed E-state index contributed by atoms with van der Waals surface area (Å²) in [6.45, 7) is 6.70. The zero-order valence-electron chi connectivity index (χ0n) is 16.6. The molecule has 0 atom stereocenters. The van der Waals surface area contributed by atoms with Crippen LogP contribution in [-0.4, -0.2) is 25.7 Å². The number of aromatic nitrogens is 3. The molecule has 0 bridgehead atoms. The van der Waals surface area contributed by atoms with Crippen molar-refractivity contribution >= 4 is 28.6 Å². The normalized spacial score (nSPS) is 11.3. The molecule has 29 heavy (non-hydrogen) atoms. The monoisotopic (exact) mass is 407 g/mol. The first-order valence-electron chi connectivity index (χ1n) is 9.55. The predicted molar refractivity (Wildman–Crippen MR) is 116 cm³/mol. The van der Waals surface area contributed by atoms with E-state index in [9.17, 15) is 9.18 Å². The molecule has 0 fully saturated rings. The van der Waals surface area contributed by atoms with Gasteiger partial charge in [-0.1, -0.05) is 30.0 Å². The van der Waals surface area contributed by atoms with Crippen LogP contribution in [0.5, 0.6) is 0 Å². The molecule has 4 nitrogen and oxygen atoms in total. The number of fused-ring (bicyclic) bond motifs is 1. The summed E-state index contributed by atoms with van der Waals surface area (Å²) in [5.74, 6) is 0.0499. The zero-order chi connectivity index (χ0) is 20.5. The number of imidazole rings is 1. The minimum Gasteiger partial charge on any atom is -0.319 e. The van der Waals surface area contributed by atoms with Gasteiger partial charge in [-0.2, -0.15) is 0 Å². The van der Waals surface area contributed by atoms with Crippen LogP contribution in [-0.2, 0) is 6.54 Å². The number of carbonyl (C=O) groups excluding carboxylic acids is 1. The highest BCUT2D eigenvalue weighted by Crippen LogP contribution is 2.27. The Morgan fingerprint density at radius 3 is 2.66 bits per heavy atom. The van der Waals surface area contributed by atoms with Gasteiger partial charge in [0.15, 0.2) is 10.9 Å². The van der Waals surface area contributed by atoms with Gasteiger partial charge >= 0.3 is 0 Å². The molecule has 6 heteroatoms. The van der Waals surface area contributed by atoms with Crippen LogP contribution in [0.4, 0.5) is 4.39 Å². The van der Waals surface area contributed by atoms with Crippen LogP contribution in [0.25, 0.3) is 16.7 Å². The largest absolute Gasteiger partial charge is 0.319 e. The van der Waals surface area contributed by atoms with E-state index in [0.717, 1.165) is 39.8 Å². The Balaban J connectivity index is 1.59. The van der Waals surface area contributed by atoms with E-state index in [0.29, 0.717) is 11.3 Å². The fourth-order valence-electron chi connectivity index (χ4n) is 3.73. The van der Waals surface area contributed by atoms with Crippen LogP contribution in [0.15, 0.2) is 59.8 Å². The Bertz CT molecular complexity index is 1210. The maximum absolute atomic E-state index is 13.7. The van der Waals surface area contributed by atoms with E-state index >= 15 is 0 Å². The smallest absolute Gasteiger partial charge is 0.175 e. The summed E-state index contributed by atoms with van der Waals surface area (Å²) < 4.78 is 17.7. The molecule has 4 rings (SSSR count). The second kappa shape index (κ2) is 7.87. The third kappa shape index (κ3) is 3.60. The molecular weight excluding hydrogens is 385 g/mol. The maximum atomic E-state index is 13.7. The van der Waals surface area contributed by atoms with Gasteiger partial charge in [-0.3, -0.25) is 4.79 Å². The van der Waals surface area contributed by atoms with Gasteiger partial charge in [0.1, 0.15) is 5.82 Å². The van der Waals surface area contributed by atoms with Crippen molar-refractivity contribution in [3.05, 3.63) is 77.4 Å². The van der Waals surface area contributed by atoms with Crippen molar-refractivity contribution in [1.82, 2.24) is 14.1 Å². The Morgan fingerprint density at radius 1 is 1.10 bits per heavy atom. The van der Waals surface area contributed by atoms with Gasteiger partial charge in [-0.05, 0) is 57.2 Å². The number of halogens is 1. The first-order chi connectivity index (χ1) is 14.0. The van der Waals surface area contributed by atoms with Crippen molar-refractivity contribution in [2.75, 3.05) is 5.75 Å². The number of para-hydroxylation sites is 2. The third-order valence-corrected chi connectivity index (χ3v) is 6.04. The van der Waals surface area contributed by atoms with E-state index in [4.69, 9.17) is 0 Å². The molecule has 148 valence electrons. The topological polar surface area (TPSA) is 39.8 Å². The molecule has 0 spiro atoms. The van der Waals surface area contributed by atoms with Crippen molar-refractivity contribution in [2.24, 2.45) is 0 Å². The van der Waals surface area contributed by atoms with Crippen LogP contribution >= 0.6 is 11.8 Å². The number of hydrogen-bond acceptors (Lipinski definition) is 3. The SMILES string of the molecule is CCn1c(SCC(=O)c2cc(C)n(-c3cccc(F)c3)c2C)nc2ccccc21. The first kappa shape index (κ1) is 19.5. The van der Waals surface area contributed by atoms with Gasteiger partial charge in [0, 0.05) is 29.2 Å². The van der Waals surface area contributed by atoms with Gasteiger partial charge in [0.05, 0.1) is 16.8 Å². The van der Waals surface area contributed by atoms with Gasteiger partial charge in [-0.25, -0.2) is 9.37 Å². The molecule has 0 radical (unpaired) electrons. The van der Waals surface area contributed by atoms with Crippen LogP contribution in [0.2, 0.25) is 0 Å². The lowest BCUT2D eigenvalue weighted by Gasteiger charge is -2.10. The lowest BCUT2D eigenvalue weighted by molar-refractivity contribution is 0.102. The van der Waals surface area contributed by atoms with Crippen molar-refractivity contribution < 1.29 is 9.18 Å². The molecule has 0 aliphatic rings. The number of ketones is 1. The van der Waals surface area contributed by atoms with Gasteiger partial charge < -0.3 is 9.13 Å². The number of thioether (sulfide) groups is 1. The van der Waals surface area contributed by atoms with E-state index in [1.165, 1.54) is 23.9 Å². The maximum Gasteiger partial charge on any atom is 0.175 e. The number of aryl methyl sites for hydroxylation is 2. The summed E-state index contributed by atoms with van der Waals surface area (Å²) in [6, 6.07) is 16.3. The molecule has 0 saturated heterocycles. The fourth-order valence-corrected chi connectivity index (χ4v) is 4.70. The fraction of sp³-hybridized carbons (Fsp3) is 0.217. The lowest BCUT2D eigenvalue weighted by Crippen LogP contribution is -2.07. The Hall–Kier alpha value is -2.86. The van der Waals surface area contributed by atoms with Crippen LogP contribution < -0.4 is 0 Å². The molecule has 4 aromatic rings. The number of carbonyl (C=O) groups is 1. The summed E-state index contributed by atoms with van der Waals surface area (Å²) in [7, 11) is 0. The highest BCUT2D eigenvalue weighted by Gasteiger charge is 2.18. The minimum absolute atomic E-state index is 0.0421. The Labute approximate surface area is 173 Å². The van der Waals surface area contributed by atoms with E-state index < -0.39 is 0 Å². The highest BCUT2D eigenvalue weighted by molar-refractivity contribution is 7.99. The van der Waals surface area contributed by atoms with Crippen molar-refractivity contribution in [3.8, 4) is 5.69 Å². The molecule has 0 saturated carbocycles. The summed E-state index contributed by atoms with van der Waals surface area (Å²) in [4.78, 5) is 17.7.